The van der Waals surface area contributed by atoms with Crippen molar-refractivity contribution in [2.75, 3.05) is 0 Å². The summed E-state index contributed by atoms with van der Waals surface area (Å²) in [6, 6.07) is 13.7. The first-order valence-electron chi connectivity index (χ1n) is 7.51. The molecule has 0 radical (unpaired) electrons. The first kappa shape index (κ1) is 15.1. The fraction of sp³-hybridized carbons (Fsp3) is 0.222. The molecule has 1 aliphatic rings. The summed E-state index contributed by atoms with van der Waals surface area (Å²) < 4.78 is 0. The molecule has 3 rings (SSSR count). The van der Waals surface area contributed by atoms with Gasteiger partial charge in [-0.25, -0.2) is 0 Å². The topological polar surface area (TPSA) is 80.7 Å². The average molecular weight is 306 g/mol. The zero-order valence-corrected chi connectivity index (χ0v) is 12.7. The molecule has 2 heterocycles. The highest BCUT2D eigenvalue weighted by Crippen LogP contribution is 2.34. The maximum atomic E-state index is 12.2. The number of carbonyl (C=O) groups excluding carboxylic acids is 1. The number of hydrogen-bond donors (Lipinski definition) is 1. The lowest BCUT2D eigenvalue weighted by Crippen LogP contribution is -2.44. The van der Waals surface area contributed by atoms with E-state index in [2.05, 4.69) is 15.2 Å². The zero-order valence-electron chi connectivity index (χ0n) is 12.7. The molecule has 0 spiro atoms. The second-order valence-electron chi connectivity index (χ2n) is 5.70. The van der Waals surface area contributed by atoms with Crippen molar-refractivity contribution in [2.24, 2.45) is 21.9 Å². The molecule has 1 amide bonds. The molecule has 5 heteroatoms. The first-order valence-corrected chi connectivity index (χ1v) is 7.51. The molecule has 0 bridgehead atoms. The lowest BCUT2D eigenvalue weighted by molar-refractivity contribution is -0.123. The lowest BCUT2D eigenvalue weighted by atomic mass is 9.76. The Morgan fingerprint density at radius 2 is 1.83 bits per heavy atom. The Morgan fingerprint density at radius 3 is 2.43 bits per heavy atom. The molecule has 1 aromatic heterocycles. The molecule has 0 saturated heterocycles. The quantitative estimate of drug-likeness (QED) is 0.890. The Labute approximate surface area is 135 Å². The Kier molecular flexibility index (Phi) is 4.28. The maximum absolute atomic E-state index is 12.2. The summed E-state index contributed by atoms with van der Waals surface area (Å²) in [6.45, 7) is 0. The number of rotatable bonds is 6. The van der Waals surface area contributed by atoms with Gasteiger partial charge in [-0.15, -0.1) is 0 Å². The number of primary amides is 1. The molecule has 0 aliphatic carbocycles. The number of aromatic nitrogens is 1. The second kappa shape index (κ2) is 6.52. The van der Waals surface area contributed by atoms with Gasteiger partial charge in [0.15, 0.2) is 0 Å². The fourth-order valence-electron chi connectivity index (χ4n) is 2.94. The Morgan fingerprint density at radius 1 is 1.09 bits per heavy atom. The van der Waals surface area contributed by atoms with Crippen molar-refractivity contribution < 1.29 is 4.79 Å². The van der Waals surface area contributed by atoms with E-state index in [4.69, 9.17) is 5.73 Å². The second-order valence-corrected chi connectivity index (χ2v) is 5.70. The SMILES string of the molecule is NC(=O)C(Cc1ccccc1)C1(Cc2ccncc2)C=CN=N1. The van der Waals surface area contributed by atoms with E-state index in [9.17, 15) is 4.79 Å². The minimum absolute atomic E-state index is 0.367. The van der Waals surface area contributed by atoms with Gasteiger partial charge in [0.2, 0.25) is 5.91 Å². The van der Waals surface area contributed by atoms with E-state index >= 15 is 0 Å². The van der Waals surface area contributed by atoms with Crippen molar-refractivity contribution in [3.63, 3.8) is 0 Å². The lowest BCUT2D eigenvalue weighted by Gasteiger charge is -2.30. The summed E-state index contributed by atoms with van der Waals surface area (Å²) in [4.78, 5) is 16.2. The standard InChI is InChI=1S/C18H18N4O/c19-17(23)16(12-14-4-2-1-3-5-14)18(8-11-21-22-18)13-15-6-9-20-10-7-15/h1-11,16H,12-13H2,(H2,19,23). The highest BCUT2D eigenvalue weighted by atomic mass is 16.1. The van der Waals surface area contributed by atoms with Crippen molar-refractivity contribution in [1.29, 1.82) is 0 Å². The van der Waals surface area contributed by atoms with Crippen LogP contribution in [0.25, 0.3) is 0 Å². The summed E-state index contributed by atoms with van der Waals surface area (Å²) in [5, 5.41) is 8.37. The summed E-state index contributed by atoms with van der Waals surface area (Å²) in [5.74, 6) is -0.825. The number of nitrogens with zero attached hydrogens (tertiary/aromatic N) is 3. The summed E-state index contributed by atoms with van der Waals surface area (Å²) in [5.41, 5.74) is 7.09. The van der Waals surface area contributed by atoms with Gasteiger partial charge in [-0.2, -0.15) is 10.2 Å². The van der Waals surface area contributed by atoms with Crippen LogP contribution < -0.4 is 5.73 Å². The summed E-state index contributed by atoms with van der Waals surface area (Å²) in [6.07, 6.45) is 8.08. The van der Waals surface area contributed by atoms with Gasteiger partial charge in [-0.1, -0.05) is 30.3 Å². The molecule has 5 nitrogen and oxygen atoms in total. The van der Waals surface area contributed by atoms with Crippen LogP contribution in [0.15, 0.2) is 77.4 Å². The van der Waals surface area contributed by atoms with Gasteiger partial charge in [0.1, 0.15) is 5.54 Å². The van der Waals surface area contributed by atoms with E-state index in [-0.39, 0.29) is 5.91 Å². The van der Waals surface area contributed by atoms with Crippen LogP contribution in [-0.2, 0) is 17.6 Å². The number of benzene rings is 1. The summed E-state index contributed by atoms with van der Waals surface area (Å²) in [7, 11) is 0. The van der Waals surface area contributed by atoms with Crippen molar-refractivity contribution in [3.05, 3.63) is 78.3 Å². The van der Waals surface area contributed by atoms with E-state index < -0.39 is 11.5 Å². The average Bonchev–Trinajstić information content (AvgIpc) is 3.03. The molecular weight excluding hydrogens is 288 g/mol. The summed E-state index contributed by atoms with van der Waals surface area (Å²) >= 11 is 0. The molecule has 23 heavy (non-hydrogen) atoms. The van der Waals surface area contributed by atoms with Crippen LogP contribution in [0.3, 0.4) is 0 Å². The third-order valence-electron chi connectivity index (χ3n) is 4.14. The minimum Gasteiger partial charge on any atom is -0.369 e. The number of amides is 1. The molecule has 1 aliphatic heterocycles. The van der Waals surface area contributed by atoms with E-state index in [1.165, 1.54) is 0 Å². The van der Waals surface area contributed by atoms with Gasteiger partial charge >= 0.3 is 0 Å². The molecule has 0 fully saturated rings. The molecule has 2 atom stereocenters. The monoisotopic (exact) mass is 306 g/mol. The van der Waals surface area contributed by atoms with Crippen LogP contribution in [0, 0.1) is 5.92 Å². The zero-order chi connectivity index (χ0) is 16.1. The number of nitrogens with two attached hydrogens (primary N) is 1. The normalized spacial score (nSPS) is 20.5. The van der Waals surface area contributed by atoms with Gasteiger partial charge in [-0.05, 0) is 35.8 Å². The van der Waals surface area contributed by atoms with E-state index in [1.807, 2.05) is 48.5 Å². The Balaban J connectivity index is 1.92. The molecule has 2 N–H and O–H groups in total. The molecule has 2 unspecified atom stereocenters. The van der Waals surface area contributed by atoms with Crippen molar-refractivity contribution in [2.45, 2.75) is 18.4 Å². The molecular formula is C18H18N4O. The Bertz CT molecular complexity index is 713. The van der Waals surface area contributed by atoms with Gasteiger partial charge in [-0.3, -0.25) is 9.78 Å². The Hall–Kier alpha value is -2.82. The van der Waals surface area contributed by atoms with Crippen LogP contribution in [0.5, 0.6) is 0 Å². The smallest absolute Gasteiger partial charge is 0.223 e. The van der Waals surface area contributed by atoms with Gasteiger partial charge in [0.25, 0.3) is 0 Å². The molecule has 1 aromatic carbocycles. The highest BCUT2D eigenvalue weighted by Gasteiger charge is 2.42. The third-order valence-corrected chi connectivity index (χ3v) is 4.14. The predicted molar refractivity (Wildman–Crippen MR) is 87.5 cm³/mol. The van der Waals surface area contributed by atoms with E-state index in [0.29, 0.717) is 12.8 Å². The van der Waals surface area contributed by atoms with Crippen LogP contribution >= 0.6 is 0 Å². The van der Waals surface area contributed by atoms with Gasteiger partial charge in [0.05, 0.1) is 5.92 Å². The predicted octanol–water partition coefficient (Wildman–Crippen LogP) is 2.69. The first-order chi connectivity index (χ1) is 11.2. The molecule has 0 saturated carbocycles. The fourth-order valence-corrected chi connectivity index (χ4v) is 2.94. The van der Waals surface area contributed by atoms with Crippen LogP contribution in [-0.4, -0.2) is 16.4 Å². The maximum Gasteiger partial charge on any atom is 0.223 e. The van der Waals surface area contributed by atoms with Crippen molar-refractivity contribution in [3.8, 4) is 0 Å². The minimum atomic E-state index is -0.733. The van der Waals surface area contributed by atoms with E-state index in [1.54, 1.807) is 18.6 Å². The van der Waals surface area contributed by atoms with Gasteiger partial charge in [0, 0.05) is 25.0 Å². The number of azo groups is 1. The van der Waals surface area contributed by atoms with E-state index in [0.717, 1.165) is 11.1 Å². The van der Waals surface area contributed by atoms with Gasteiger partial charge < -0.3 is 5.73 Å². The van der Waals surface area contributed by atoms with Crippen molar-refractivity contribution in [1.82, 2.24) is 4.98 Å². The third kappa shape index (κ3) is 3.34. The highest BCUT2D eigenvalue weighted by molar-refractivity contribution is 5.79. The number of carbonyl (C=O) groups is 1. The van der Waals surface area contributed by atoms with Crippen molar-refractivity contribution >= 4 is 5.91 Å². The van der Waals surface area contributed by atoms with Crippen LogP contribution in [0.2, 0.25) is 0 Å². The largest absolute Gasteiger partial charge is 0.369 e. The number of hydrogen-bond acceptors (Lipinski definition) is 4. The molecule has 2 aromatic rings. The number of pyridine rings is 1. The van der Waals surface area contributed by atoms with Crippen LogP contribution in [0.1, 0.15) is 11.1 Å². The van der Waals surface area contributed by atoms with Crippen LogP contribution in [0.4, 0.5) is 0 Å². The molecule has 116 valence electrons.